The number of aromatic nitrogens is 1. The van der Waals surface area contributed by atoms with Gasteiger partial charge in [-0.1, -0.05) is 65.8 Å². The molecule has 6 nitrogen and oxygen atoms in total. The zero-order valence-corrected chi connectivity index (χ0v) is 19.4. The number of oxime groups is 1. The molecule has 6 rings (SSSR count). The van der Waals surface area contributed by atoms with E-state index in [1.54, 1.807) is 42.5 Å². The highest BCUT2D eigenvalue weighted by Crippen LogP contribution is 2.35. The number of fused-ring (bicyclic) bond motifs is 3. The number of para-hydroxylation sites is 1. The van der Waals surface area contributed by atoms with Crippen LogP contribution in [0.3, 0.4) is 0 Å². The first-order valence-electron chi connectivity index (χ1n) is 11.6. The van der Waals surface area contributed by atoms with Crippen LogP contribution in [0.1, 0.15) is 37.4 Å². The summed E-state index contributed by atoms with van der Waals surface area (Å²) in [5.41, 5.74) is 4.89. The summed E-state index contributed by atoms with van der Waals surface area (Å²) in [7, 11) is 0. The average molecular weight is 473 g/mol. The Morgan fingerprint density at radius 2 is 1.61 bits per heavy atom. The highest BCUT2D eigenvalue weighted by Gasteiger charge is 2.29. The van der Waals surface area contributed by atoms with Crippen molar-refractivity contribution in [2.45, 2.75) is 13.5 Å². The molecule has 2 heterocycles. The highest BCUT2D eigenvalue weighted by atomic mass is 16.7. The van der Waals surface area contributed by atoms with Gasteiger partial charge in [0.05, 0.1) is 17.6 Å². The van der Waals surface area contributed by atoms with E-state index in [2.05, 4.69) is 5.16 Å². The molecule has 36 heavy (non-hydrogen) atoms. The van der Waals surface area contributed by atoms with Crippen molar-refractivity contribution in [1.29, 1.82) is 0 Å². The summed E-state index contributed by atoms with van der Waals surface area (Å²) in [5.74, 6) is -0.935. The van der Waals surface area contributed by atoms with Gasteiger partial charge in [0.25, 0.3) is 0 Å². The van der Waals surface area contributed by atoms with Crippen LogP contribution in [0.4, 0.5) is 0 Å². The molecule has 1 aliphatic heterocycles. The Bertz CT molecular complexity index is 1750. The van der Waals surface area contributed by atoms with Crippen LogP contribution in [-0.2, 0) is 16.2 Å². The first-order chi connectivity index (χ1) is 17.5. The first kappa shape index (κ1) is 21.7. The van der Waals surface area contributed by atoms with Crippen LogP contribution in [0.2, 0.25) is 0 Å². The van der Waals surface area contributed by atoms with Crippen molar-refractivity contribution in [2.24, 2.45) is 5.16 Å². The smallest absolute Gasteiger partial charge is 0.332 e. The molecule has 0 unspecified atom stereocenters. The number of carbonyl (C=O) groups is 3. The van der Waals surface area contributed by atoms with E-state index < -0.39 is 5.97 Å². The van der Waals surface area contributed by atoms with E-state index in [0.29, 0.717) is 22.3 Å². The Labute approximate surface area is 206 Å². The number of Topliss-reactive ketones (excluding diaryl/α,β-unsaturated/α-hetero) is 1. The molecule has 0 radical (unpaired) electrons. The van der Waals surface area contributed by atoms with Crippen LogP contribution < -0.4 is 0 Å². The Morgan fingerprint density at radius 1 is 0.833 bits per heavy atom. The lowest BCUT2D eigenvalue weighted by Crippen LogP contribution is -2.27. The van der Waals surface area contributed by atoms with Crippen LogP contribution in [0, 0.1) is 6.92 Å². The van der Waals surface area contributed by atoms with Gasteiger partial charge in [0, 0.05) is 33.0 Å². The van der Waals surface area contributed by atoms with E-state index in [0.717, 1.165) is 27.4 Å². The molecule has 0 saturated heterocycles. The Kier molecular flexibility index (Phi) is 5.08. The number of hydrogen-bond acceptors (Lipinski definition) is 5. The quantitative estimate of drug-likeness (QED) is 0.197. The molecule has 6 heteroatoms. The zero-order chi connectivity index (χ0) is 24.8. The average Bonchev–Trinajstić information content (AvgIpc) is 3.22. The summed E-state index contributed by atoms with van der Waals surface area (Å²) in [6, 6.07) is 27.2. The predicted octanol–water partition coefficient (Wildman–Crippen LogP) is 5.48. The van der Waals surface area contributed by atoms with Crippen molar-refractivity contribution >= 4 is 45.1 Å². The van der Waals surface area contributed by atoms with Crippen molar-refractivity contribution in [2.75, 3.05) is 0 Å². The van der Waals surface area contributed by atoms with Crippen molar-refractivity contribution in [3.63, 3.8) is 0 Å². The molecule has 1 aliphatic rings. The SMILES string of the molecule is Cc1ccccc1C(=O)c1ccc2c(c1)c1cccc3c1n2CC(=O)/C3=N\OC(=O)c1ccccc1. The molecule has 5 aromatic rings. The van der Waals surface area contributed by atoms with E-state index in [1.165, 1.54) is 0 Å². The van der Waals surface area contributed by atoms with E-state index in [9.17, 15) is 14.4 Å². The van der Waals surface area contributed by atoms with Gasteiger partial charge in [-0.25, -0.2) is 4.79 Å². The third-order valence-corrected chi connectivity index (χ3v) is 6.59. The van der Waals surface area contributed by atoms with Crippen molar-refractivity contribution in [3.8, 4) is 0 Å². The van der Waals surface area contributed by atoms with Crippen molar-refractivity contribution < 1.29 is 19.2 Å². The van der Waals surface area contributed by atoms with Crippen molar-refractivity contribution in [3.05, 3.63) is 119 Å². The third-order valence-electron chi connectivity index (χ3n) is 6.59. The maximum absolute atomic E-state index is 13.2. The summed E-state index contributed by atoms with van der Waals surface area (Å²) in [6.45, 7) is 1.98. The second-order valence-electron chi connectivity index (χ2n) is 8.77. The molecule has 0 bridgehead atoms. The summed E-state index contributed by atoms with van der Waals surface area (Å²) in [6.07, 6.45) is 0. The summed E-state index contributed by atoms with van der Waals surface area (Å²) >= 11 is 0. The molecular formula is C30H20N2O4. The molecule has 0 aliphatic carbocycles. The van der Waals surface area contributed by atoms with Crippen LogP contribution in [0.25, 0.3) is 21.8 Å². The summed E-state index contributed by atoms with van der Waals surface area (Å²) < 4.78 is 1.93. The molecule has 1 aromatic heterocycles. The van der Waals surface area contributed by atoms with Gasteiger partial charge in [0.15, 0.2) is 11.5 Å². The molecule has 0 N–H and O–H groups in total. The standard InChI is InChI=1S/C30H20N2O4/c1-18-8-5-6-11-21(18)29(34)20-14-15-25-24(16-20)22-12-7-13-23-27(26(33)17-32(25)28(22)23)31-36-30(35)19-9-3-2-4-10-19/h2-16H,17H2,1H3/b31-27-. The summed E-state index contributed by atoms with van der Waals surface area (Å²) in [5, 5.41) is 5.76. The van der Waals surface area contributed by atoms with Gasteiger partial charge in [0.1, 0.15) is 0 Å². The maximum atomic E-state index is 13.2. The topological polar surface area (TPSA) is 77.7 Å². The minimum atomic E-state index is -0.631. The Hall–Kier alpha value is -4.84. The highest BCUT2D eigenvalue weighted by molar-refractivity contribution is 6.49. The van der Waals surface area contributed by atoms with Crippen LogP contribution in [-0.4, -0.2) is 27.8 Å². The van der Waals surface area contributed by atoms with E-state index in [4.69, 9.17) is 4.84 Å². The van der Waals surface area contributed by atoms with E-state index in [-0.39, 0.29) is 23.8 Å². The van der Waals surface area contributed by atoms with Gasteiger partial charge in [-0.05, 0) is 42.8 Å². The fourth-order valence-corrected chi connectivity index (χ4v) is 4.82. The van der Waals surface area contributed by atoms with Gasteiger partial charge < -0.3 is 9.40 Å². The van der Waals surface area contributed by atoms with Gasteiger partial charge in [-0.2, -0.15) is 0 Å². The fourth-order valence-electron chi connectivity index (χ4n) is 4.82. The number of benzene rings is 4. The molecule has 0 atom stereocenters. The first-order valence-corrected chi connectivity index (χ1v) is 11.6. The number of hydrogen-bond donors (Lipinski definition) is 0. The molecular weight excluding hydrogens is 452 g/mol. The van der Waals surface area contributed by atoms with Crippen LogP contribution in [0.5, 0.6) is 0 Å². The second kappa shape index (κ2) is 8.43. The van der Waals surface area contributed by atoms with Crippen molar-refractivity contribution in [1.82, 2.24) is 4.57 Å². The number of ketones is 2. The minimum Gasteiger partial charge on any atom is -0.332 e. The zero-order valence-electron chi connectivity index (χ0n) is 19.4. The monoisotopic (exact) mass is 472 g/mol. The van der Waals surface area contributed by atoms with Gasteiger partial charge in [-0.15, -0.1) is 0 Å². The molecule has 4 aromatic carbocycles. The number of nitrogens with zero attached hydrogens (tertiary/aromatic N) is 2. The lowest BCUT2D eigenvalue weighted by Gasteiger charge is -2.17. The minimum absolute atomic E-state index is 0.0481. The molecule has 0 spiro atoms. The number of carbonyl (C=O) groups excluding carboxylic acids is 3. The van der Waals surface area contributed by atoms with Crippen LogP contribution in [0.15, 0.2) is 96.2 Å². The van der Waals surface area contributed by atoms with Gasteiger partial charge in [-0.3, -0.25) is 9.59 Å². The lowest BCUT2D eigenvalue weighted by molar-refractivity contribution is -0.113. The van der Waals surface area contributed by atoms with E-state index in [1.807, 2.05) is 60.0 Å². The predicted molar refractivity (Wildman–Crippen MR) is 137 cm³/mol. The molecule has 0 fully saturated rings. The summed E-state index contributed by atoms with van der Waals surface area (Å²) in [4.78, 5) is 43.9. The Balaban J connectivity index is 1.45. The molecule has 0 saturated carbocycles. The number of rotatable bonds is 4. The third kappa shape index (κ3) is 3.43. The normalized spacial score (nSPS) is 13.9. The number of aryl methyl sites for hydroxylation is 1. The fraction of sp³-hybridized carbons (Fsp3) is 0.0667. The maximum Gasteiger partial charge on any atom is 0.365 e. The molecule has 0 amide bonds. The largest absolute Gasteiger partial charge is 0.365 e. The van der Waals surface area contributed by atoms with Gasteiger partial charge >= 0.3 is 5.97 Å². The van der Waals surface area contributed by atoms with Gasteiger partial charge in [0.2, 0.25) is 5.78 Å². The second-order valence-corrected chi connectivity index (χ2v) is 8.77. The van der Waals surface area contributed by atoms with E-state index >= 15 is 0 Å². The lowest BCUT2D eigenvalue weighted by atomic mass is 9.97. The Morgan fingerprint density at radius 3 is 2.42 bits per heavy atom. The van der Waals surface area contributed by atoms with Crippen LogP contribution >= 0.6 is 0 Å². The molecule has 174 valence electrons.